The van der Waals surface area contributed by atoms with E-state index in [0.717, 1.165) is 39.1 Å². The van der Waals surface area contributed by atoms with E-state index in [2.05, 4.69) is 44.4 Å². The number of ether oxygens (including phenoxy) is 2. The number of methoxy groups -OCH3 is 2. The molecular formula is C27H35N5O4. The van der Waals surface area contributed by atoms with Crippen molar-refractivity contribution >= 4 is 22.5 Å². The highest BCUT2D eigenvalue weighted by Crippen LogP contribution is 2.29. The molecule has 1 saturated heterocycles. The zero-order chi connectivity index (χ0) is 25.3. The molecule has 9 nitrogen and oxygen atoms in total. The van der Waals surface area contributed by atoms with Gasteiger partial charge in [0.05, 0.1) is 31.4 Å². The number of hydrogen-bond acceptors (Lipinski definition) is 7. The van der Waals surface area contributed by atoms with Crippen LogP contribution in [0.2, 0.25) is 0 Å². The van der Waals surface area contributed by atoms with Gasteiger partial charge in [0.2, 0.25) is 5.91 Å². The van der Waals surface area contributed by atoms with Crippen LogP contribution in [-0.4, -0.2) is 73.8 Å². The molecule has 2 aromatic carbocycles. The molecule has 1 fully saturated rings. The molecule has 0 spiro atoms. The van der Waals surface area contributed by atoms with Gasteiger partial charge in [-0.2, -0.15) is 0 Å². The molecule has 0 bridgehead atoms. The van der Waals surface area contributed by atoms with Crippen LogP contribution in [0.3, 0.4) is 0 Å². The van der Waals surface area contributed by atoms with Crippen LogP contribution in [0.1, 0.15) is 19.3 Å². The van der Waals surface area contributed by atoms with Gasteiger partial charge in [-0.3, -0.25) is 19.1 Å². The molecule has 0 radical (unpaired) electrons. The van der Waals surface area contributed by atoms with Crippen LogP contribution in [0.15, 0.2) is 53.6 Å². The lowest BCUT2D eigenvalue weighted by molar-refractivity contribution is -0.121. The molecule has 1 aromatic heterocycles. The Kier molecular flexibility index (Phi) is 8.78. The zero-order valence-electron chi connectivity index (χ0n) is 21.1. The number of aryl methyl sites for hydroxylation is 1. The number of carbonyl (C=O) groups is 1. The van der Waals surface area contributed by atoms with Gasteiger partial charge in [-0.1, -0.05) is 18.2 Å². The first kappa shape index (κ1) is 25.5. The van der Waals surface area contributed by atoms with Gasteiger partial charge < -0.3 is 19.7 Å². The Morgan fingerprint density at radius 2 is 1.69 bits per heavy atom. The van der Waals surface area contributed by atoms with E-state index in [-0.39, 0.29) is 11.5 Å². The molecule has 36 heavy (non-hydrogen) atoms. The highest BCUT2D eigenvalue weighted by molar-refractivity contribution is 5.81. The number of para-hydroxylation sites is 1. The van der Waals surface area contributed by atoms with Crippen LogP contribution in [-0.2, 0) is 11.3 Å². The van der Waals surface area contributed by atoms with E-state index in [1.54, 1.807) is 19.2 Å². The van der Waals surface area contributed by atoms with Crippen molar-refractivity contribution in [3.8, 4) is 11.5 Å². The van der Waals surface area contributed by atoms with Crippen LogP contribution in [0.5, 0.6) is 11.5 Å². The summed E-state index contributed by atoms with van der Waals surface area (Å²) in [4.78, 5) is 34.4. The van der Waals surface area contributed by atoms with E-state index in [1.807, 2.05) is 6.07 Å². The Labute approximate surface area is 211 Å². The second-order valence-corrected chi connectivity index (χ2v) is 8.94. The number of aromatic nitrogens is 2. The Bertz CT molecular complexity index is 1210. The molecule has 3 aromatic rings. The summed E-state index contributed by atoms with van der Waals surface area (Å²) in [6.45, 7) is 6.20. The fourth-order valence-electron chi connectivity index (χ4n) is 4.54. The lowest BCUT2D eigenvalue weighted by atomic mass is 10.2. The summed E-state index contributed by atoms with van der Waals surface area (Å²) in [5, 5.41) is 3.47. The monoisotopic (exact) mass is 493 g/mol. The number of hydrogen-bond donors (Lipinski definition) is 1. The standard InChI is InChI=1S/C27H35N5O4/c1-35-24-18-22-23(19-25(24)36-2)29-20-32(27(22)34)13-6-10-26(33)28-11-7-12-30-14-16-31(17-15-30)21-8-4-3-5-9-21/h3-5,8-9,18-20H,6-7,10-17H2,1-2H3,(H,28,33). The maximum absolute atomic E-state index is 12.9. The summed E-state index contributed by atoms with van der Waals surface area (Å²) < 4.78 is 12.1. The van der Waals surface area contributed by atoms with Crippen molar-refractivity contribution < 1.29 is 14.3 Å². The summed E-state index contributed by atoms with van der Waals surface area (Å²) in [5.74, 6) is 1.02. The normalized spacial score (nSPS) is 14.1. The fraction of sp³-hybridized carbons (Fsp3) is 0.444. The Morgan fingerprint density at radius 3 is 2.42 bits per heavy atom. The minimum absolute atomic E-state index is 0.0112. The third-order valence-electron chi connectivity index (χ3n) is 6.60. The van der Waals surface area contributed by atoms with Gasteiger partial charge in [0, 0.05) is 57.4 Å². The first-order chi connectivity index (χ1) is 17.6. The molecule has 192 valence electrons. The third kappa shape index (κ3) is 6.34. The van der Waals surface area contributed by atoms with Gasteiger partial charge in [-0.05, 0) is 37.6 Å². The number of benzene rings is 2. The molecule has 1 aliphatic rings. The number of anilines is 1. The smallest absolute Gasteiger partial charge is 0.261 e. The Hall–Kier alpha value is -3.59. The van der Waals surface area contributed by atoms with E-state index in [1.165, 1.54) is 23.7 Å². The second kappa shape index (κ2) is 12.4. The SMILES string of the molecule is COc1cc2ncn(CCCC(=O)NCCCN3CCN(c4ccccc4)CC3)c(=O)c2cc1OC. The van der Waals surface area contributed by atoms with Crippen molar-refractivity contribution in [2.24, 2.45) is 0 Å². The average Bonchev–Trinajstić information content (AvgIpc) is 2.92. The maximum atomic E-state index is 12.9. The summed E-state index contributed by atoms with van der Waals surface area (Å²) in [6.07, 6.45) is 3.38. The minimum atomic E-state index is -0.159. The van der Waals surface area contributed by atoms with E-state index in [9.17, 15) is 9.59 Å². The van der Waals surface area contributed by atoms with Gasteiger partial charge in [0.25, 0.3) is 5.56 Å². The molecule has 0 aliphatic carbocycles. The summed E-state index contributed by atoms with van der Waals surface area (Å²) in [5.41, 5.74) is 1.67. The number of amides is 1. The molecule has 1 aliphatic heterocycles. The van der Waals surface area contributed by atoms with Crippen LogP contribution >= 0.6 is 0 Å². The number of nitrogens with one attached hydrogen (secondary N) is 1. The average molecular weight is 494 g/mol. The molecule has 0 atom stereocenters. The summed E-state index contributed by atoms with van der Waals surface area (Å²) in [7, 11) is 3.08. The predicted molar refractivity (Wildman–Crippen MR) is 141 cm³/mol. The Morgan fingerprint density at radius 1 is 0.972 bits per heavy atom. The van der Waals surface area contributed by atoms with E-state index < -0.39 is 0 Å². The predicted octanol–water partition coefficient (Wildman–Crippen LogP) is 2.52. The van der Waals surface area contributed by atoms with Crippen molar-refractivity contribution in [1.29, 1.82) is 0 Å². The summed E-state index contributed by atoms with van der Waals surface area (Å²) in [6, 6.07) is 13.9. The van der Waals surface area contributed by atoms with Crippen molar-refractivity contribution in [3.63, 3.8) is 0 Å². The highest BCUT2D eigenvalue weighted by Gasteiger charge is 2.16. The lowest BCUT2D eigenvalue weighted by Crippen LogP contribution is -2.47. The number of nitrogens with zero attached hydrogens (tertiary/aromatic N) is 4. The van der Waals surface area contributed by atoms with Crippen molar-refractivity contribution in [1.82, 2.24) is 19.8 Å². The largest absolute Gasteiger partial charge is 0.493 e. The topological polar surface area (TPSA) is 88.9 Å². The van der Waals surface area contributed by atoms with Gasteiger partial charge in [-0.25, -0.2) is 4.98 Å². The number of piperazine rings is 1. The highest BCUT2D eigenvalue weighted by atomic mass is 16.5. The molecule has 1 N–H and O–H groups in total. The number of carbonyl (C=O) groups excluding carboxylic acids is 1. The number of rotatable bonds is 11. The maximum Gasteiger partial charge on any atom is 0.261 e. The van der Waals surface area contributed by atoms with Gasteiger partial charge >= 0.3 is 0 Å². The number of fused-ring (bicyclic) bond motifs is 1. The van der Waals surface area contributed by atoms with Gasteiger partial charge in [-0.15, -0.1) is 0 Å². The lowest BCUT2D eigenvalue weighted by Gasteiger charge is -2.36. The van der Waals surface area contributed by atoms with Crippen LogP contribution in [0, 0.1) is 0 Å². The van der Waals surface area contributed by atoms with Crippen molar-refractivity contribution in [2.45, 2.75) is 25.8 Å². The molecule has 2 heterocycles. The van der Waals surface area contributed by atoms with E-state index >= 15 is 0 Å². The van der Waals surface area contributed by atoms with Crippen LogP contribution in [0.4, 0.5) is 5.69 Å². The van der Waals surface area contributed by atoms with Gasteiger partial charge in [0.1, 0.15) is 0 Å². The first-order valence-electron chi connectivity index (χ1n) is 12.5. The van der Waals surface area contributed by atoms with Crippen molar-refractivity contribution in [2.75, 3.05) is 58.4 Å². The first-order valence-corrected chi connectivity index (χ1v) is 12.5. The minimum Gasteiger partial charge on any atom is -0.493 e. The third-order valence-corrected chi connectivity index (χ3v) is 6.60. The van der Waals surface area contributed by atoms with E-state index in [0.29, 0.717) is 48.3 Å². The molecule has 4 rings (SSSR count). The summed E-state index contributed by atoms with van der Waals surface area (Å²) >= 11 is 0. The quantitative estimate of drug-likeness (QED) is 0.411. The molecule has 9 heteroatoms. The molecule has 0 unspecified atom stereocenters. The van der Waals surface area contributed by atoms with Crippen LogP contribution in [0.25, 0.3) is 10.9 Å². The van der Waals surface area contributed by atoms with Gasteiger partial charge in [0.15, 0.2) is 11.5 Å². The second-order valence-electron chi connectivity index (χ2n) is 8.94. The molecule has 0 saturated carbocycles. The Balaban J connectivity index is 1.15. The zero-order valence-corrected chi connectivity index (χ0v) is 21.1. The molecular weight excluding hydrogens is 458 g/mol. The molecule has 1 amide bonds. The van der Waals surface area contributed by atoms with Crippen molar-refractivity contribution in [3.05, 3.63) is 59.1 Å². The van der Waals surface area contributed by atoms with Crippen LogP contribution < -0.4 is 25.2 Å². The fourth-order valence-corrected chi connectivity index (χ4v) is 4.54. The van der Waals surface area contributed by atoms with E-state index in [4.69, 9.17) is 9.47 Å².